The first kappa shape index (κ1) is 30.1. The third-order valence-corrected chi connectivity index (χ3v) is 8.28. The molecule has 3 N–H and O–H groups in total. The molecule has 38 heavy (non-hydrogen) atoms. The number of rotatable bonds is 11. The van der Waals surface area contributed by atoms with E-state index >= 15 is 0 Å². The van der Waals surface area contributed by atoms with E-state index < -0.39 is 17.4 Å². The number of hydrogen-bond donors (Lipinski definition) is 3. The molecule has 0 aromatic heterocycles. The lowest BCUT2D eigenvalue weighted by molar-refractivity contribution is -0.156. The second-order valence-electron chi connectivity index (χ2n) is 12.5. The second-order valence-corrected chi connectivity index (χ2v) is 12.5. The van der Waals surface area contributed by atoms with Gasteiger partial charge in [-0.25, -0.2) is 5.06 Å². The average Bonchev–Trinajstić information content (AvgIpc) is 3.38. The second kappa shape index (κ2) is 13.6. The number of piperidine rings is 1. The van der Waals surface area contributed by atoms with E-state index in [0.29, 0.717) is 42.9 Å². The number of amides is 3. The first-order chi connectivity index (χ1) is 18.0. The molecule has 3 amide bonds. The standard InChI is InChI=1S/C30H48N4O4/c1-21-10-11-24(22(2)16-21)18-31-26-12-14-33(15-13-26)29(37)27(30(3,4)5)32-28(36)25(19-34(38)20-35)17-23-8-6-7-9-23/h10-11,16,20,23,25-27,31,38H,6-9,12-15,17-19H2,1-5H3,(H,32,36)/t25?,27-/m1/s1. The number of carbonyl (C=O) groups excluding carboxylic acids is 3. The zero-order chi connectivity index (χ0) is 27.9. The summed E-state index contributed by atoms with van der Waals surface area (Å²) in [4.78, 5) is 40.0. The summed E-state index contributed by atoms with van der Waals surface area (Å²) in [5.41, 5.74) is 3.37. The van der Waals surface area contributed by atoms with Crippen LogP contribution in [0.5, 0.6) is 0 Å². The molecule has 3 rings (SSSR count). The Morgan fingerprint density at radius 1 is 1.13 bits per heavy atom. The molecular weight excluding hydrogens is 480 g/mol. The van der Waals surface area contributed by atoms with E-state index in [2.05, 4.69) is 42.7 Å². The van der Waals surface area contributed by atoms with Gasteiger partial charge in [-0.05, 0) is 55.6 Å². The number of hydrogen-bond acceptors (Lipinski definition) is 5. The van der Waals surface area contributed by atoms with E-state index in [-0.39, 0.29) is 18.4 Å². The average molecular weight is 529 g/mol. The van der Waals surface area contributed by atoms with Gasteiger partial charge in [0.25, 0.3) is 0 Å². The van der Waals surface area contributed by atoms with Crippen LogP contribution in [0.1, 0.15) is 82.4 Å². The van der Waals surface area contributed by atoms with Crippen LogP contribution in [0.3, 0.4) is 0 Å². The summed E-state index contributed by atoms with van der Waals surface area (Å²) in [6.07, 6.45) is 7.09. The lowest BCUT2D eigenvalue weighted by Crippen LogP contribution is -2.58. The van der Waals surface area contributed by atoms with Gasteiger partial charge in [-0.1, -0.05) is 70.2 Å². The molecular formula is C30H48N4O4. The molecule has 1 saturated heterocycles. The Morgan fingerprint density at radius 3 is 2.37 bits per heavy atom. The van der Waals surface area contributed by atoms with Crippen LogP contribution in [0.4, 0.5) is 0 Å². The first-order valence-corrected chi connectivity index (χ1v) is 14.3. The van der Waals surface area contributed by atoms with Gasteiger partial charge in [0, 0.05) is 25.7 Å². The number of likely N-dealkylation sites (tertiary alicyclic amines) is 1. The van der Waals surface area contributed by atoms with Gasteiger partial charge in [0.15, 0.2) is 0 Å². The molecule has 1 aromatic carbocycles. The number of aryl methyl sites for hydroxylation is 2. The maximum atomic E-state index is 13.7. The largest absolute Gasteiger partial charge is 0.344 e. The molecule has 2 atom stereocenters. The number of nitrogens with one attached hydrogen (secondary N) is 2. The molecule has 0 bridgehead atoms. The van der Waals surface area contributed by atoms with Crippen LogP contribution in [-0.2, 0) is 20.9 Å². The molecule has 212 valence electrons. The van der Waals surface area contributed by atoms with E-state index in [9.17, 15) is 19.6 Å². The lowest BCUT2D eigenvalue weighted by Gasteiger charge is -2.39. The van der Waals surface area contributed by atoms with Crippen molar-refractivity contribution in [2.75, 3.05) is 19.6 Å². The predicted molar refractivity (Wildman–Crippen MR) is 148 cm³/mol. The van der Waals surface area contributed by atoms with Crippen molar-refractivity contribution in [1.82, 2.24) is 20.6 Å². The van der Waals surface area contributed by atoms with Gasteiger partial charge in [-0.3, -0.25) is 19.6 Å². The maximum Gasteiger partial charge on any atom is 0.245 e. The summed E-state index contributed by atoms with van der Waals surface area (Å²) in [5, 5.41) is 17.1. The van der Waals surface area contributed by atoms with Crippen molar-refractivity contribution >= 4 is 18.2 Å². The molecule has 1 aliphatic heterocycles. The van der Waals surface area contributed by atoms with Crippen LogP contribution in [-0.4, -0.2) is 65.1 Å². The van der Waals surface area contributed by atoms with Crippen molar-refractivity contribution in [1.29, 1.82) is 0 Å². The molecule has 0 radical (unpaired) electrons. The van der Waals surface area contributed by atoms with Crippen LogP contribution in [0.15, 0.2) is 18.2 Å². The minimum absolute atomic E-state index is 0.0606. The van der Waals surface area contributed by atoms with Crippen LogP contribution in [0.25, 0.3) is 0 Å². The normalized spacial score (nSPS) is 18.7. The Balaban J connectivity index is 1.58. The van der Waals surface area contributed by atoms with Crippen LogP contribution >= 0.6 is 0 Å². The summed E-state index contributed by atoms with van der Waals surface area (Å²) in [7, 11) is 0. The van der Waals surface area contributed by atoms with Gasteiger partial charge in [-0.2, -0.15) is 0 Å². The number of nitrogens with zero attached hydrogens (tertiary/aromatic N) is 2. The zero-order valence-electron chi connectivity index (χ0n) is 24.0. The summed E-state index contributed by atoms with van der Waals surface area (Å²) in [6, 6.07) is 6.19. The molecule has 2 aliphatic rings. The Bertz CT molecular complexity index is 946. The third-order valence-electron chi connectivity index (χ3n) is 8.28. The smallest absolute Gasteiger partial charge is 0.245 e. The summed E-state index contributed by atoms with van der Waals surface area (Å²) >= 11 is 0. The highest BCUT2D eigenvalue weighted by Gasteiger charge is 2.38. The Morgan fingerprint density at radius 2 is 1.79 bits per heavy atom. The van der Waals surface area contributed by atoms with Crippen molar-refractivity contribution in [2.45, 2.75) is 98.2 Å². The van der Waals surface area contributed by atoms with Gasteiger partial charge in [0.05, 0.1) is 12.5 Å². The van der Waals surface area contributed by atoms with Crippen molar-refractivity contribution in [2.24, 2.45) is 17.3 Å². The lowest BCUT2D eigenvalue weighted by atomic mass is 9.84. The maximum absolute atomic E-state index is 13.7. The number of hydroxylamine groups is 2. The van der Waals surface area contributed by atoms with E-state index in [1.54, 1.807) is 0 Å². The van der Waals surface area contributed by atoms with Gasteiger partial charge in [-0.15, -0.1) is 0 Å². The fraction of sp³-hybridized carbons (Fsp3) is 0.700. The molecule has 1 unspecified atom stereocenters. The fourth-order valence-corrected chi connectivity index (χ4v) is 5.88. The molecule has 1 aromatic rings. The van der Waals surface area contributed by atoms with Crippen LogP contribution in [0, 0.1) is 31.1 Å². The van der Waals surface area contributed by atoms with Crippen molar-refractivity contribution in [3.8, 4) is 0 Å². The zero-order valence-corrected chi connectivity index (χ0v) is 24.0. The summed E-state index contributed by atoms with van der Waals surface area (Å²) < 4.78 is 0. The van der Waals surface area contributed by atoms with Gasteiger partial charge in [0.2, 0.25) is 18.2 Å². The topological polar surface area (TPSA) is 102 Å². The molecule has 1 saturated carbocycles. The van der Waals surface area contributed by atoms with Gasteiger partial charge in [0.1, 0.15) is 6.04 Å². The Kier molecular flexibility index (Phi) is 10.7. The summed E-state index contributed by atoms with van der Waals surface area (Å²) in [5.74, 6) is -0.471. The monoisotopic (exact) mass is 528 g/mol. The summed E-state index contributed by atoms with van der Waals surface area (Å²) in [6.45, 7) is 12.2. The third kappa shape index (κ3) is 8.53. The van der Waals surface area contributed by atoms with Crippen LogP contribution < -0.4 is 10.6 Å². The molecule has 2 fully saturated rings. The van der Waals surface area contributed by atoms with E-state index in [1.165, 1.54) is 16.7 Å². The molecule has 1 heterocycles. The highest BCUT2D eigenvalue weighted by Crippen LogP contribution is 2.31. The highest BCUT2D eigenvalue weighted by molar-refractivity contribution is 5.89. The molecule has 1 aliphatic carbocycles. The van der Waals surface area contributed by atoms with Crippen LogP contribution in [0.2, 0.25) is 0 Å². The van der Waals surface area contributed by atoms with Crippen molar-refractivity contribution < 1.29 is 19.6 Å². The van der Waals surface area contributed by atoms with Crippen molar-refractivity contribution in [3.05, 3.63) is 34.9 Å². The highest BCUT2D eigenvalue weighted by atomic mass is 16.5. The molecule has 8 nitrogen and oxygen atoms in total. The predicted octanol–water partition coefficient (Wildman–Crippen LogP) is 3.96. The van der Waals surface area contributed by atoms with E-state index in [4.69, 9.17) is 0 Å². The minimum atomic E-state index is -0.677. The first-order valence-electron chi connectivity index (χ1n) is 14.3. The minimum Gasteiger partial charge on any atom is -0.344 e. The van der Waals surface area contributed by atoms with Gasteiger partial charge >= 0.3 is 0 Å². The van der Waals surface area contributed by atoms with Crippen molar-refractivity contribution in [3.63, 3.8) is 0 Å². The molecule has 0 spiro atoms. The molecule has 8 heteroatoms. The van der Waals surface area contributed by atoms with E-state index in [0.717, 1.165) is 45.1 Å². The SMILES string of the molecule is Cc1ccc(CNC2CCN(C(=O)[C@@H](NC(=O)C(CC3CCCC3)CN(O)C=O)C(C)(C)C)CC2)c(C)c1. The Labute approximate surface area is 228 Å². The Hall–Kier alpha value is -2.45. The quantitative estimate of drug-likeness (QED) is 0.229. The fourth-order valence-electron chi connectivity index (χ4n) is 5.88. The van der Waals surface area contributed by atoms with Gasteiger partial charge < -0.3 is 15.5 Å². The number of carbonyl (C=O) groups is 3. The van der Waals surface area contributed by atoms with E-state index in [1.807, 2.05) is 25.7 Å². The number of benzene rings is 1.